The predicted octanol–water partition coefficient (Wildman–Crippen LogP) is 7.19. The molecule has 2 saturated heterocycles. The number of hydrogen-bond acceptors (Lipinski definition) is 7. The van der Waals surface area contributed by atoms with E-state index in [0.29, 0.717) is 46.9 Å². The summed E-state index contributed by atoms with van der Waals surface area (Å²) in [4.78, 5) is 33.0. The Balaban J connectivity index is 1.52. The van der Waals surface area contributed by atoms with Crippen molar-refractivity contribution in [2.24, 2.45) is 0 Å². The van der Waals surface area contributed by atoms with Crippen LogP contribution in [0, 0.1) is 0 Å². The van der Waals surface area contributed by atoms with Gasteiger partial charge in [0.2, 0.25) is 0 Å². The number of benzene rings is 2. The molecule has 0 radical (unpaired) electrons. The monoisotopic (exact) mass is 651 g/mol. The normalized spacial score (nSPS) is 18.3. The maximum Gasteiger partial charge on any atom is 0.416 e. The molecule has 5 rings (SSSR count). The fourth-order valence-electron chi connectivity index (χ4n) is 5.51. The Morgan fingerprint density at radius 1 is 0.957 bits per heavy atom. The molecule has 246 valence electrons. The van der Waals surface area contributed by atoms with Crippen molar-refractivity contribution in [2.45, 2.75) is 57.2 Å². The molecule has 0 saturated carbocycles. The molecule has 3 aromatic rings. The number of rotatable bonds is 9. The summed E-state index contributed by atoms with van der Waals surface area (Å²) in [6.45, 7) is 2.89. The molecule has 1 amide bonds. The van der Waals surface area contributed by atoms with E-state index in [0.717, 1.165) is 25.1 Å². The molecule has 14 heteroatoms. The van der Waals surface area contributed by atoms with Gasteiger partial charge in [-0.15, -0.1) is 0 Å². The van der Waals surface area contributed by atoms with Crippen LogP contribution in [0.3, 0.4) is 0 Å². The molecule has 2 atom stereocenters. The number of hydrogen-bond donors (Lipinski definition) is 0. The highest BCUT2D eigenvalue weighted by molar-refractivity contribution is 5.76. The van der Waals surface area contributed by atoms with Crippen molar-refractivity contribution in [2.75, 3.05) is 32.2 Å². The number of nitrogens with zero attached hydrogens (tertiary/aromatic N) is 3. The first kappa shape index (κ1) is 32.9. The van der Waals surface area contributed by atoms with Crippen LogP contribution in [0.25, 0.3) is 11.1 Å². The number of esters is 1. The molecule has 0 spiro atoms. The van der Waals surface area contributed by atoms with E-state index >= 15 is 0 Å². The lowest BCUT2D eigenvalue weighted by atomic mass is 9.96. The third-order valence-corrected chi connectivity index (χ3v) is 8.19. The minimum atomic E-state index is -5.05. The van der Waals surface area contributed by atoms with E-state index in [4.69, 9.17) is 19.2 Å². The molecule has 46 heavy (non-hydrogen) atoms. The van der Waals surface area contributed by atoms with Gasteiger partial charge in [0.05, 0.1) is 43.6 Å². The van der Waals surface area contributed by atoms with Gasteiger partial charge in [-0.25, -0.2) is 9.78 Å². The SMILES string of the molecule is COC(=O)CCc1ccc(OC)c(-c2ccc(N3CCC3)nc2CN2C(=O)OC(c3cc(C(F)(F)F)cc(C(F)(F)F)c3)C2C)c1. The molecule has 8 nitrogen and oxygen atoms in total. The Labute approximate surface area is 260 Å². The number of methoxy groups -OCH3 is 2. The molecule has 2 aliphatic rings. The largest absolute Gasteiger partial charge is 0.496 e. The van der Waals surface area contributed by atoms with Crippen LogP contribution in [0.5, 0.6) is 5.75 Å². The minimum Gasteiger partial charge on any atom is -0.496 e. The van der Waals surface area contributed by atoms with Crippen LogP contribution < -0.4 is 9.64 Å². The zero-order valence-corrected chi connectivity index (χ0v) is 25.2. The van der Waals surface area contributed by atoms with E-state index in [9.17, 15) is 35.9 Å². The number of halogens is 6. The molecule has 2 aromatic carbocycles. The number of carbonyl (C=O) groups is 2. The zero-order valence-electron chi connectivity index (χ0n) is 25.2. The molecule has 0 bridgehead atoms. The first-order chi connectivity index (χ1) is 21.7. The number of pyridine rings is 1. The Morgan fingerprint density at radius 2 is 1.63 bits per heavy atom. The van der Waals surface area contributed by atoms with Crippen LogP contribution >= 0.6 is 0 Å². The smallest absolute Gasteiger partial charge is 0.416 e. The predicted molar refractivity (Wildman–Crippen MR) is 154 cm³/mol. The van der Waals surface area contributed by atoms with E-state index in [2.05, 4.69) is 0 Å². The summed E-state index contributed by atoms with van der Waals surface area (Å²) < 4.78 is 97.2. The van der Waals surface area contributed by atoms with E-state index in [1.807, 2.05) is 29.2 Å². The second-order valence-electron chi connectivity index (χ2n) is 11.1. The molecular weight excluding hydrogens is 620 g/mol. The topological polar surface area (TPSA) is 81.2 Å². The highest BCUT2D eigenvalue weighted by atomic mass is 19.4. The fraction of sp³-hybridized carbons (Fsp3) is 0.406. The maximum atomic E-state index is 13.6. The van der Waals surface area contributed by atoms with Gasteiger partial charge in [-0.1, -0.05) is 6.07 Å². The molecule has 2 unspecified atom stereocenters. The highest BCUT2D eigenvalue weighted by Gasteiger charge is 2.43. The van der Waals surface area contributed by atoms with Gasteiger partial charge < -0.3 is 19.1 Å². The van der Waals surface area contributed by atoms with Crippen LogP contribution in [0.1, 0.15) is 53.8 Å². The van der Waals surface area contributed by atoms with Crippen LogP contribution in [0.4, 0.5) is 37.0 Å². The lowest BCUT2D eigenvalue weighted by molar-refractivity contribution is -0.143. The van der Waals surface area contributed by atoms with Gasteiger partial charge >= 0.3 is 24.4 Å². The van der Waals surface area contributed by atoms with Gasteiger partial charge in [-0.05, 0) is 73.4 Å². The van der Waals surface area contributed by atoms with Crippen molar-refractivity contribution in [3.8, 4) is 16.9 Å². The van der Waals surface area contributed by atoms with Gasteiger partial charge in [0.1, 0.15) is 17.7 Å². The minimum absolute atomic E-state index is 0.0346. The number of anilines is 1. The van der Waals surface area contributed by atoms with Crippen LogP contribution in [-0.2, 0) is 39.6 Å². The third kappa shape index (κ3) is 6.85. The highest BCUT2D eigenvalue weighted by Crippen LogP contribution is 2.42. The zero-order chi connectivity index (χ0) is 33.4. The van der Waals surface area contributed by atoms with Crippen LogP contribution in [-0.4, -0.2) is 55.3 Å². The summed E-state index contributed by atoms with van der Waals surface area (Å²) in [7, 11) is 2.79. The molecule has 0 N–H and O–H groups in total. The Kier molecular flexibility index (Phi) is 9.09. The number of aryl methyl sites for hydroxylation is 1. The summed E-state index contributed by atoms with van der Waals surface area (Å²) in [6, 6.07) is 9.27. The van der Waals surface area contributed by atoms with Gasteiger partial charge in [-0.2, -0.15) is 26.3 Å². The molecule has 0 aliphatic carbocycles. The number of cyclic esters (lactones) is 1. The summed E-state index contributed by atoms with van der Waals surface area (Å²) in [5.41, 5.74) is -0.994. The lowest BCUT2D eigenvalue weighted by Crippen LogP contribution is -2.38. The first-order valence-electron chi connectivity index (χ1n) is 14.4. The molecule has 3 heterocycles. The molecule has 2 aliphatic heterocycles. The first-order valence-corrected chi connectivity index (χ1v) is 14.4. The average molecular weight is 652 g/mol. The summed E-state index contributed by atoms with van der Waals surface area (Å²) in [5, 5.41) is 0. The number of ether oxygens (including phenoxy) is 3. The number of carbonyl (C=O) groups excluding carboxylic acids is 2. The second kappa shape index (κ2) is 12.7. The second-order valence-corrected chi connectivity index (χ2v) is 11.1. The van der Waals surface area contributed by atoms with E-state index < -0.39 is 47.3 Å². The quantitative estimate of drug-likeness (QED) is 0.179. The number of alkyl halides is 6. The van der Waals surface area contributed by atoms with Crippen molar-refractivity contribution in [3.05, 3.63) is 76.5 Å². The lowest BCUT2D eigenvalue weighted by Gasteiger charge is -2.33. The number of amides is 1. The van der Waals surface area contributed by atoms with Crippen molar-refractivity contribution >= 4 is 17.9 Å². The van der Waals surface area contributed by atoms with E-state index in [1.165, 1.54) is 26.0 Å². The van der Waals surface area contributed by atoms with Crippen molar-refractivity contribution in [1.82, 2.24) is 9.88 Å². The van der Waals surface area contributed by atoms with Gasteiger partial charge in [0, 0.05) is 30.6 Å². The van der Waals surface area contributed by atoms with E-state index in [1.54, 1.807) is 6.07 Å². The number of aromatic nitrogens is 1. The van der Waals surface area contributed by atoms with Gasteiger partial charge in [0.25, 0.3) is 0 Å². The van der Waals surface area contributed by atoms with Crippen LogP contribution in [0.15, 0.2) is 48.5 Å². The molecular formula is C32H31F6N3O5. The van der Waals surface area contributed by atoms with Crippen LogP contribution in [0.2, 0.25) is 0 Å². The maximum absolute atomic E-state index is 13.6. The molecule has 2 fully saturated rings. The van der Waals surface area contributed by atoms with Crippen molar-refractivity contribution in [1.29, 1.82) is 0 Å². The Morgan fingerprint density at radius 3 is 2.20 bits per heavy atom. The summed E-state index contributed by atoms with van der Waals surface area (Å²) in [5.74, 6) is 0.758. The summed E-state index contributed by atoms with van der Waals surface area (Å²) >= 11 is 0. The van der Waals surface area contributed by atoms with Crippen molar-refractivity contribution < 1.29 is 50.1 Å². The summed E-state index contributed by atoms with van der Waals surface area (Å²) in [6.07, 6.45) is -10.9. The average Bonchev–Trinajstić information content (AvgIpc) is 3.26. The third-order valence-electron chi connectivity index (χ3n) is 8.19. The Bertz CT molecular complexity index is 1590. The van der Waals surface area contributed by atoms with Gasteiger partial charge in [0.15, 0.2) is 0 Å². The molecule has 1 aromatic heterocycles. The van der Waals surface area contributed by atoms with Crippen molar-refractivity contribution in [3.63, 3.8) is 0 Å². The van der Waals surface area contributed by atoms with E-state index in [-0.39, 0.29) is 25.0 Å². The standard InChI is InChI=1S/C32H31F6N3O5/c1-18-29(20-14-21(31(33,34)35)16-22(15-20)32(36,37)38)46-30(43)41(18)17-25-23(7-9-27(39-25)40-11-4-12-40)24-13-19(5-8-26(24)44-2)6-10-28(42)45-3/h5,7-9,13-16,18,29H,4,6,10-12,17H2,1-3H3. The fourth-order valence-corrected chi connectivity index (χ4v) is 5.51. The Hall–Kier alpha value is -4.49. The van der Waals surface area contributed by atoms with Gasteiger partial charge in [-0.3, -0.25) is 9.69 Å².